The zero-order valence-electron chi connectivity index (χ0n) is 14.8. The number of rotatable bonds is 2. The Morgan fingerprint density at radius 1 is 1.12 bits per heavy atom. The molecule has 0 fully saturated rings. The van der Waals surface area contributed by atoms with Gasteiger partial charge in [0.2, 0.25) is 0 Å². The molecule has 0 radical (unpaired) electrons. The van der Waals surface area contributed by atoms with Gasteiger partial charge in [-0.1, -0.05) is 6.07 Å². The zero-order valence-corrected chi connectivity index (χ0v) is 14.8. The summed E-state index contributed by atoms with van der Waals surface area (Å²) in [7, 11) is 0. The molecule has 0 saturated heterocycles. The van der Waals surface area contributed by atoms with E-state index in [1.165, 1.54) is 6.07 Å². The maximum atomic E-state index is 12.5. The smallest absolute Gasteiger partial charge is 0.174 e. The van der Waals surface area contributed by atoms with Gasteiger partial charge >= 0.3 is 0 Å². The number of benzene rings is 2. The molecule has 132 valence electrons. The Balaban J connectivity index is 1.97. The van der Waals surface area contributed by atoms with Gasteiger partial charge in [0.05, 0.1) is 6.42 Å². The molecule has 0 saturated carbocycles. The van der Waals surface area contributed by atoms with Crippen molar-refractivity contribution in [1.29, 1.82) is 0 Å². The van der Waals surface area contributed by atoms with Crippen molar-refractivity contribution < 1.29 is 24.5 Å². The van der Waals surface area contributed by atoms with E-state index < -0.39 is 11.7 Å². The van der Waals surface area contributed by atoms with Gasteiger partial charge in [-0.15, -0.1) is 0 Å². The molecule has 1 heterocycles. The molecule has 1 unspecified atom stereocenters. The first-order valence-corrected chi connectivity index (χ1v) is 8.19. The van der Waals surface area contributed by atoms with Crippen LogP contribution in [0.15, 0.2) is 30.3 Å². The largest absolute Gasteiger partial charge is 0.508 e. The van der Waals surface area contributed by atoms with E-state index >= 15 is 0 Å². The number of Topliss-reactive ketones (excluding diaryl/α,β-unsaturated/α-hetero) is 1. The summed E-state index contributed by atoms with van der Waals surface area (Å²) in [5, 5.41) is 19.9. The Bertz CT molecular complexity index is 833. The molecule has 0 aliphatic carbocycles. The lowest BCUT2D eigenvalue weighted by Gasteiger charge is -2.28. The first kappa shape index (κ1) is 17.1. The molecule has 25 heavy (non-hydrogen) atoms. The van der Waals surface area contributed by atoms with Crippen LogP contribution < -0.4 is 9.47 Å². The average molecular weight is 342 g/mol. The number of carbonyl (C=O) groups is 1. The van der Waals surface area contributed by atoms with Gasteiger partial charge in [-0.3, -0.25) is 4.79 Å². The summed E-state index contributed by atoms with van der Waals surface area (Å²) in [5.74, 6) is 0.633. The number of ketones is 1. The van der Waals surface area contributed by atoms with E-state index in [1.54, 1.807) is 31.2 Å². The number of phenolic OH excluding ortho intramolecular Hbond substituents is 2. The van der Waals surface area contributed by atoms with Gasteiger partial charge in [-0.2, -0.15) is 0 Å². The average Bonchev–Trinajstić information content (AvgIpc) is 2.47. The number of hydrogen-bond donors (Lipinski definition) is 2. The van der Waals surface area contributed by atoms with E-state index in [4.69, 9.17) is 9.47 Å². The Morgan fingerprint density at radius 3 is 2.48 bits per heavy atom. The van der Waals surface area contributed by atoms with Crippen LogP contribution in [0.5, 0.6) is 23.0 Å². The molecule has 5 heteroatoms. The van der Waals surface area contributed by atoms with E-state index in [0.717, 1.165) is 5.56 Å². The Labute approximate surface area is 146 Å². The maximum Gasteiger partial charge on any atom is 0.174 e. The zero-order chi connectivity index (χ0) is 18.4. The molecule has 0 amide bonds. The van der Waals surface area contributed by atoms with Crippen LogP contribution in [0.2, 0.25) is 0 Å². The second-order valence-electron chi connectivity index (χ2n) is 7.31. The minimum Gasteiger partial charge on any atom is -0.508 e. The Hall–Kier alpha value is -2.69. The number of phenols is 2. The summed E-state index contributed by atoms with van der Waals surface area (Å²) >= 11 is 0. The fraction of sp³-hybridized carbons (Fsp3) is 0.350. The van der Waals surface area contributed by atoms with Gasteiger partial charge in [0.1, 0.15) is 40.3 Å². The van der Waals surface area contributed by atoms with Gasteiger partial charge in [-0.25, -0.2) is 0 Å². The van der Waals surface area contributed by atoms with E-state index in [0.29, 0.717) is 17.1 Å². The molecule has 1 atom stereocenters. The van der Waals surface area contributed by atoms with Crippen LogP contribution in [0.3, 0.4) is 0 Å². The van der Waals surface area contributed by atoms with E-state index in [2.05, 4.69) is 0 Å². The fourth-order valence-electron chi connectivity index (χ4n) is 2.89. The van der Waals surface area contributed by atoms with Crippen LogP contribution in [0, 0.1) is 6.92 Å². The summed E-state index contributed by atoms with van der Waals surface area (Å²) in [6.07, 6.45) is -0.340. The van der Waals surface area contributed by atoms with Crippen LogP contribution in [0.1, 0.15) is 54.8 Å². The molecule has 2 aromatic rings. The number of carbonyl (C=O) groups excluding carboxylic acids is 1. The highest BCUT2D eigenvalue weighted by Crippen LogP contribution is 2.42. The lowest BCUT2D eigenvalue weighted by Crippen LogP contribution is -2.24. The van der Waals surface area contributed by atoms with Crippen molar-refractivity contribution in [2.45, 2.75) is 45.8 Å². The second kappa shape index (κ2) is 5.99. The van der Waals surface area contributed by atoms with Crippen molar-refractivity contribution >= 4 is 5.78 Å². The third-order valence-corrected chi connectivity index (χ3v) is 3.99. The van der Waals surface area contributed by atoms with E-state index in [9.17, 15) is 15.0 Å². The standard InChI is InChI=1S/C20H22O5/c1-11-7-12(5-6-14(11)21)17-10-16(23)19-15(22)8-13(9-18(19)24-17)25-20(2,3)4/h5-9,17,21-22H,10H2,1-4H3. The summed E-state index contributed by atoms with van der Waals surface area (Å²) in [6.45, 7) is 7.49. The highest BCUT2D eigenvalue weighted by atomic mass is 16.5. The normalized spacial score (nSPS) is 17.0. The highest BCUT2D eigenvalue weighted by molar-refractivity contribution is 6.02. The van der Waals surface area contributed by atoms with Gasteiger partial charge in [0.15, 0.2) is 5.78 Å². The van der Waals surface area contributed by atoms with Gasteiger partial charge < -0.3 is 19.7 Å². The molecule has 0 bridgehead atoms. The van der Waals surface area contributed by atoms with Crippen molar-refractivity contribution in [3.8, 4) is 23.0 Å². The number of ether oxygens (including phenoxy) is 2. The summed E-state index contributed by atoms with van der Waals surface area (Å²) < 4.78 is 11.8. The third kappa shape index (κ3) is 3.55. The Morgan fingerprint density at radius 2 is 1.84 bits per heavy atom. The molecule has 2 N–H and O–H groups in total. The third-order valence-electron chi connectivity index (χ3n) is 3.99. The molecular weight excluding hydrogens is 320 g/mol. The quantitative estimate of drug-likeness (QED) is 0.851. The highest BCUT2D eigenvalue weighted by Gasteiger charge is 2.31. The van der Waals surface area contributed by atoms with Crippen LogP contribution in [-0.4, -0.2) is 21.6 Å². The number of fused-ring (bicyclic) bond motifs is 1. The van der Waals surface area contributed by atoms with Crippen LogP contribution in [0.25, 0.3) is 0 Å². The Kier molecular flexibility index (Phi) is 4.11. The summed E-state index contributed by atoms with van der Waals surface area (Å²) in [6, 6.07) is 8.20. The lowest BCUT2D eigenvalue weighted by molar-refractivity contribution is 0.0841. The molecule has 0 aromatic heterocycles. The first-order chi connectivity index (χ1) is 11.6. The predicted molar refractivity (Wildman–Crippen MR) is 93.6 cm³/mol. The molecule has 5 nitrogen and oxygen atoms in total. The van der Waals surface area contributed by atoms with Gasteiger partial charge in [0, 0.05) is 12.1 Å². The topological polar surface area (TPSA) is 76.0 Å². The van der Waals surface area contributed by atoms with Gasteiger partial charge in [0.25, 0.3) is 0 Å². The first-order valence-electron chi connectivity index (χ1n) is 8.19. The molecule has 3 rings (SSSR count). The predicted octanol–water partition coefficient (Wildman–Crippen LogP) is 4.29. The fourth-order valence-corrected chi connectivity index (χ4v) is 2.89. The minimum absolute atomic E-state index is 0.129. The maximum absolute atomic E-state index is 12.5. The van der Waals surface area contributed by atoms with Crippen LogP contribution in [-0.2, 0) is 0 Å². The SMILES string of the molecule is Cc1cc(C2CC(=O)c3c(O)cc(OC(C)(C)C)cc3O2)ccc1O. The monoisotopic (exact) mass is 342 g/mol. The molecule has 1 aliphatic rings. The molecular formula is C20H22O5. The number of aromatic hydroxyl groups is 2. The van der Waals surface area contributed by atoms with E-state index in [1.807, 2.05) is 20.8 Å². The molecule has 0 spiro atoms. The van der Waals surface area contributed by atoms with Crippen LogP contribution in [0.4, 0.5) is 0 Å². The molecule has 2 aromatic carbocycles. The van der Waals surface area contributed by atoms with Crippen molar-refractivity contribution in [2.24, 2.45) is 0 Å². The number of aryl methyl sites for hydroxylation is 1. The lowest BCUT2D eigenvalue weighted by atomic mass is 9.94. The molecule has 1 aliphatic heterocycles. The van der Waals surface area contributed by atoms with Crippen molar-refractivity contribution in [2.75, 3.05) is 0 Å². The van der Waals surface area contributed by atoms with E-state index in [-0.39, 0.29) is 29.3 Å². The number of hydrogen-bond acceptors (Lipinski definition) is 5. The van der Waals surface area contributed by atoms with Crippen molar-refractivity contribution in [3.05, 3.63) is 47.0 Å². The van der Waals surface area contributed by atoms with Crippen molar-refractivity contribution in [3.63, 3.8) is 0 Å². The second-order valence-corrected chi connectivity index (χ2v) is 7.31. The van der Waals surface area contributed by atoms with Crippen LogP contribution >= 0.6 is 0 Å². The summed E-state index contributed by atoms with van der Waals surface area (Å²) in [5.41, 5.74) is 1.27. The van der Waals surface area contributed by atoms with Crippen molar-refractivity contribution in [1.82, 2.24) is 0 Å². The minimum atomic E-state index is -0.469. The summed E-state index contributed by atoms with van der Waals surface area (Å²) in [4.78, 5) is 12.5. The van der Waals surface area contributed by atoms with Gasteiger partial charge in [-0.05, 0) is 51.0 Å².